The van der Waals surface area contributed by atoms with Crippen molar-refractivity contribution in [2.24, 2.45) is 0 Å². The topological polar surface area (TPSA) is 103 Å². The SMILES string of the molecule is Cc1nonc1OCCNC(=O)c1ccc2nc(Cc3ccccc3F)oc2c1. The van der Waals surface area contributed by atoms with Crippen LogP contribution in [0, 0.1) is 12.7 Å². The molecule has 0 spiro atoms. The van der Waals surface area contributed by atoms with Crippen LogP contribution >= 0.6 is 0 Å². The Morgan fingerprint density at radius 1 is 1.21 bits per heavy atom. The van der Waals surface area contributed by atoms with Gasteiger partial charge < -0.3 is 14.5 Å². The summed E-state index contributed by atoms with van der Waals surface area (Å²) in [7, 11) is 0. The summed E-state index contributed by atoms with van der Waals surface area (Å²) >= 11 is 0. The number of oxazole rings is 1. The third kappa shape index (κ3) is 4.23. The molecule has 0 bridgehead atoms. The number of halogens is 1. The Hall–Kier alpha value is -3.75. The molecule has 1 N–H and O–H groups in total. The van der Waals surface area contributed by atoms with Crippen LogP contribution in [-0.2, 0) is 6.42 Å². The van der Waals surface area contributed by atoms with Crippen molar-refractivity contribution in [2.45, 2.75) is 13.3 Å². The van der Waals surface area contributed by atoms with E-state index in [1.165, 1.54) is 6.07 Å². The summed E-state index contributed by atoms with van der Waals surface area (Å²) in [4.78, 5) is 16.7. The van der Waals surface area contributed by atoms with Gasteiger partial charge in [-0.25, -0.2) is 14.0 Å². The van der Waals surface area contributed by atoms with E-state index in [-0.39, 0.29) is 31.3 Å². The molecule has 148 valence electrons. The molecular weight excluding hydrogens is 379 g/mol. The van der Waals surface area contributed by atoms with Crippen molar-refractivity contribution in [1.82, 2.24) is 20.6 Å². The van der Waals surface area contributed by atoms with Crippen LogP contribution in [-0.4, -0.2) is 34.4 Å². The van der Waals surface area contributed by atoms with Gasteiger partial charge in [-0.05, 0) is 41.9 Å². The average Bonchev–Trinajstić information content (AvgIpc) is 3.31. The molecule has 0 radical (unpaired) electrons. The number of aromatic nitrogens is 3. The first-order valence-electron chi connectivity index (χ1n) is 8.93. The van der Waals surface area contributed by atoms with E-state index in [1.807, 2.05) is 0 Å². The van der Waals surface area contributed by atoms with Crippen molar-refractivity contribution in [3.8, 4) is 5.88 Å². The van der Waals surface area contributed by atoms with E-state index < -0.39 is 0 Å². The number of carbonyl (C=O) groups excluding carboxylic acids is 1. The molecule has 8 nitrogen and oxygen atoms in total. The van der Waals surface area contributed by atoms with Crippen LogP contribution in [0.25, 0.3) is 11.1 Å². The lowest BCUT2D eigenvalue weighted by atomic mass is 10.1. The van der Waals surface area contributed by atoms with E-state index in [0.717, 1.165) is 0 Å². The standard InChI is InChI=1S/C20H17FN4O4/c1-12-20(25-29-24-12)27-9-8-22-19(26)14-6-7-16-17(10-14)28-18(23-16)11-13-4-2-3-5-15(13)21/h2-7,10H,8-9,11H2,1H3,(H,22,26). The minimum absolute atomic E-state index is 0.220. The first-order chi connectivity index (χ1) is 14.1. The zero-order chi connectivity index (χ0) is 20.2. The molecule has 2 aromatic heterocycles. The Labute approximate surface area is 164 Å². The van der Waals surface area contributed by atoms with Crippen molar-refractivity contribution in [1.29, 1.82) is 0 Å². The number of hydrogen-bond acceptors (Lipinski definition) is 7. The van der Waals surface area contributed by atoms with Crippen molar-refractivity contribution >= 4 is 17.0 Å². The number of ether oxygens (including phenoxy) is 1. The van der Waals surface area contributed by atoms with E-state index in [9.17, 15) is 9.18 Å². The second-order valence-electron chi connectivity index (χ2n) is 6.32. The molecule has 2 aromatic carbocycles. The second-order valence-corrected chi connectivity index (χ2v) is 6.32. The summed E-state index contributed by atoms with van der Waals surface area (Å²) in [5, 5.41) is 9.95. The van der Waals surface area contributed by atoms with E-state index >= 15 is 0 Å². The summed E-state index contributed by atoms with van der Waals surface area (Å²) in [5.74, 6) is 0.0866. The van der Waals surface area contributed by atoms with E-state index in [4.69, 9.17) is 9.15 Å². The lowest BCUT2D eigenvalue weighted by molar-refractivity contribution is 0.0946. The minimum atomic E-state index is -0.311. The van der Waals surface area contributed by atoms with Gasteiger partial charge in [0.2, 0.25) is 0 Å². The fraction of sp³-hybridized carbons (Fsp3) is 0.200. The van der Waals surface area contributed by atoms with Gasteiger partial charge in [0.25, 0.3) is 11.8 Å². The Balaban J connectivity index is 1.38. The zero-order valence-corrected chi connectivity index (χ0v) is 15.5. The Kier molecular flexibility index (Phi) is 5.19. The lowest BCUT2D eigenvalue weighted by Gasteiger charge is -2.05. The molecular formula is C20H17FN4O4. The fourth-order valence-corrected chi connectivity index (χ4v) is 2.76. The molecule has 0 aliphatic rings. The largest absolute Gasteiger partial charge is 0.472 e. The van der Waals surface area contributed by atoms with Gasteiger partial charge in [0.1, 0.15) is 23.6 Å². The van der Waals surface area contributed by atoms with Crippen LogP contribution in [0.1, 0.15) is 27.5 Å². The fourth-order valence-electron chi connectivity index (χ4n) is 2.76. The van der Waals surface area contributed by atoms with Gasteiger partial charge >= 0.3 is 0 Å². The van der Waals surface area contributed by atoms with Crippen LogP contribution in [0.15, 0.2) is 51.5 Å². The number of nitrogens with one attached hydrogen (secondary N) is 1. The van der Waals surface area contributed by atoms with Gasteiger partial charge in [0.05, 0.1) is 13.0 Å². The number of amides is 1. The van der Waals surface area contributed by atoms with Crippen molar-refractivity contribution in [3.63, 3.8) is 0 Å². The van der Waals surface area contributed by atoms with E-state index in [0.29, 0.717) is 39.7 Å². The number of nitrogens with zero attached hydrogens (tertiary/aromatic N) is 3. The predicted molar refractivity (Wildman–Crippen MR) is 100 cm³/mol. The molecule has 0 fully saturated rings. The molecule has 4 rings (SSSR count). The maximum absolute atomic E-state index is 13.8. The summed E-state index contributed by atoms with van der Waals surface area (Å²) in [6.45, 7) is 2.20. The Bertz CT molecular complexity index is 1150. The molecule has 0 saturated heterocycles. The molecule has 0 saturated carbocycles. The first kappa shape index (κ1) is 18.6. The molecule has 29 heavy (non-hydrogen) atoms. The van der Waals surface area contributed by atoms with Gasteiger partial charge in [0, 0.05) is 5.56 Å². The van der Waals surface area contributed by atoms with Crippen molar-refractivity contribution < 1.29 is 23.0 Å². The highest BCUT2D eigenvalue weighted by Gasteiger charge is 2.13. The molecule has 0 aliphatic carbocycles. The second kappa shape index (κ2) is 8.09. The summed E-state index contributed by atoms with van der Waals surface area (Å²) in [6, 6.07) is 11.4. The van der Waals surface area contributed by atoms with E-state index in [2.05, 4.69) is 25.2 Å². The maximum atomic E-state index is 13.8. The van der Waals surface area contributed by atoms with Crippen LogP contribution in [0.4, 0.5) is 4.39 Å². The summed E-state index contributed by atoms with van der Waals surface area (Å²) < 4.78 is 29.4. The van der Waals surface area contributed by atoms with Gasteiger partial charge in [0.15, 0.2) is 11.5 Å². The highest BCUT2D eigenvalue weighted by molar-refractivity contribution is 5.97. The predicted octanol–water partition coefficient (Wildman–Crippen LogP) is 3.06. The number of aryl methyl sites for hydroxylation is 1. The molecule has 9 heteroatoms. The first-order valence-corrected chi connectivity index (χ1v) is 8.93. The summed E-state index contributed by atoms with van der Waals surface area (Å²) in [5.41, 5.74) is 2.52. The number of hydrogen-bond donors (Lipinski definition) is 1. The van der Waals surface area contributed by atoms with Gasteiger partial charge in [-0.15, -0.1) is 0 Å². The molecule has 0 aliphatic heterocycles. The monoisotopic (exact) mass is 396 g/mol. The quantitative estimate of drug-likeness (QED) is 0.479. The minimum Gasteiger partial charge on any atom is -0.472 e. The third-order valence-electron chi connectivity index (χ3n) is 4.23. The van der Waals surface area contributed by atoms with E-state index in [1.54, 1.807) is 43.3 Å². The number of rotatable bonds is 7. The van der Waals surface area contributed by atoms with Crippen LogP contribution in [0.5, 0.6) is 5.88 Å². The van der Waals surface area contributed by atoms with Gasteiger partial charge in [-0.2, -0.15) is 0 Å². The molecule has 1 amide bonds. The van der Waals surface area contributed by atoms with Crippen molar-refractivity contribution in [3.05, 3.63) is 71.0 Å². The number of benzene rings is 2. The molecule has 4 aromatic rings. The van der Waals surface area contributed by atoms with Crippen LogP contribution in [0.3, 0.4) is 0 Å². The molecule has 0 atom stereocenters. The van der Waals surface area contributed by atoms with Crippen LogP contribution < -0.4 is 10.1 Å². The lowest BCUT2D eigenvalue weighted by Crippen LogP contribution is -2.28. The number of carbonyl (C=O) groups is 1. The molecule has 0 unspecified atom stereocenters. The Morgan fingerprint density at radius 2 is 2.07 bits per heavy atom. The van der Waals surface area contributed by atoms with Crippen molar-refractivity contribution in [2.75, 3.05) is 13.2 Å². The zero-order valence-electron chi connectivity index (χ0n) is 15.5. The van der Waals surface area contributed by atoms with Crippen LogP contribution in [0.2, 0.25) is 0 Å². The maximum Gasteiger partial charge on any atom is 0.278 e. The van der Waals surface area contributed by atoms with Gasteiger partial charge in [-0.3, -0.25) is 4.79 Å². The highest BCUT2D eigenvalue weighted by atomic mass is 19.1. The third-order valence-corrected chi connectivity index (χ3v) is 4.23. The normalized spacial score (nSPS) is 11.0. The van der Waals surface area contributed by atoms with Gasteiger partial charge in [-0.1, -0.05) is 23.4 Å². The summed E-state index contributed by atoms with van der Waals surface area (Å²) in [6.07, 6.45) is 0.233. The number of fused-ring (bicyclic) bond motifs is 1. The average molecular weight is 396 g/mol. The smallest absolute Gasteiger partial charge is 0.278 e. The molecule has 2 heterocycles. The Morgan fingerprint density at radius 3 is 2.86 bits per heavy atom. The highest BCUT2D eigenvalue weighted by Crippen LogP contribution is 2.20.